The summed E-state index contributed by atoms with van der Waals surface area (Å²) in [6.45, 7) is -0.212. The second-order valence-electron chi connectivity index (χ2n) is 3.70. The molecule has 0 amide bonds. The van der Waals surface area contributed by atoms with Gasteiger partial charge in [-0.05, 0) is 6.07 Å². The second kappa shape index (κ2) is 5.34. The highest BCUT2D eigenvalue weighted by Gasteiger charge is 2.34. The van der Waals surface area contributed by atoms with Gasteiger partial charge >= 0.3 is 6.18 Å². The minimum atomic E-state index is -4.58. The van der Waals surface area contributed by atoms with Crippen LogP contribution >= 0.6 is 22.9 Å². The van der Waals surface area contributed by atoms with Crippen molar-refractivity contribution in [1.29, 1.82) is 0 Å². The maximum atomic E-state index is 12.8. The Morgan fingerprint density at radius 2 is 2.11 bits per heavy atom. The highest BCUT2D eigenvalue weighted by atomic mass is 35.5. The van der Waals surface area contributed by atoms with Crippen molar-refractivity contribution in [1.82, 2.24) is 9.55 Å². The summed E-state index contributed by atoms with van der Waals surface area (Å²) in [5.41, 5.74) is -1.11. The first kappa shape index (κ1) is 14.1. The van der Waals surface area contributed by atoms with Gasteiger partial charge in [0.05, 0.1) is 18.1 Å². The fraction of sp³-hybridized carbons (Fsp3) is 0.273. The van der Waals surface area contributed by atoms with Crippen LogP contribution in [0.3, 0.4) is 0 Å². The van der Waals surface area contributed by atoms with Crippen LogP contribution in [0.5, 0.6) is 0 Å². The minimum absolute atomic E-state index is 0.187. The van der Waals surface area contributed by atoms with Gasteiger partial charge < -0.3 is 0 Å². The lowest BCUT2D eigenvalue weighted by atomic mass is 10.3. The number of hydrogen-bond acceptors (Lipinski definition) is 3. The van der Waals surface area contributed by atoms with Gasteiger partial charge in [-0.25, -0.2) is 4.98 Å². The summed E-state index contributed by atoms with van der Waals surface area (Å²) in [6, 6.07) is 3.05. The van der Waals surface area contributed by atoms with E-state index in [0.29, 0.717) is 15.3 Å². The van der Waals surface area contributed by atoms with E-state index in [1.807, 2.05) is 0 Å². The van der Waals surface area contributed by atoms with E-state index < -0.39 is 17.4 Å². The molecule has 0 bridgehead atoms. The average molecular weight is 309 g/mol. The molecular weight excluding hydrogens is 301 g/mol. The monoisotopic (exact) mass is 308 g/mol. The smallest absolute Gasteiger partial charge is 0.297 e. The fourth-order valence-corrected chi connectivity index (χ4v) is 2.56. The molecule has 2 rings (SSSR count). The molecule has 0 atom stereocenters. The summed E-state index contributed by atoms with van der Waals surface area (Å²) in [4.78, 5) is 15.6. The van der Waals surface area contributed by atoms with E-state index in [1.54, 1.807) is 5.38 Å². The molecule has 0 unspecified atom stereocenters. The SMILES string of the molecule is O=c1cccc(C(F)(F)F)n1Cc1nc(CCl)cs1. The number of nitrogens with zero attached hydrogens (tertiary/aromatic N) is 2. The maximum Gasteiger partial charge on any atom is 0.431 e. The number of hydrogen-bond donors (Lipinski definition) is 0. The van der Waals surface area contributed by atoms with E-state index in [1.165, 1.54) is 11.3 Å². The van der Waals surface area contributed by atoms with Crippen molar-refractivity contribution in [2.24, 2.45) is 0 Å². The first-order valence-electron chi connectivity index (χ1n) is 5.18. The Labute approximate surface area is 115 Å². The van der Waals surface area contributed by atoms with Gasteiger partial charge in [0.15, 0.2) is 0 Å². The third-order valence-electron chi connectivity index (χ3n) is 2.37. The molecule has 2 aromatic heterocycles. The number of aromatic nitrogens is 2. The summed E-state index contributed by atoms with van der Waals surface area (Å²) in [5, 5.41) is 2.07. The van der Waals surface area contributed by atoms with Gasteiger partial charge in [0.1, 0.15) is 10.7 Å². The third-order valence-corrected chi connectivity index (χ3v) is 3.53. The van der Waals surface area contributed by atoms with Gasteiger partial charge in [-0.2, -0.15) is 13.2 Å². The summed E-state index contributed by atoms with van der Waals surface area (Å²) >= 11 is 6.75. The van der Waals surface area contributed by atoms with Crippen molar-refractivity contribution in [2.45, 2.75) is 18.6 Å². The standard InChI is InChI=1S/C11H8ClF3N2OS/c12-4-7-6-19-9(16-7)5-17-8(11(13,14)15)2-1-3-10(17)18/h1-3,6H,4-5H2. The third kappa shape index (κ3) is 3.16. The molecule has 0 aromatic carbocycles. The van der Waals surface area contributed by atoms with Crippen LogP contribution in [0.4, 0.5) is 13.2 Å². The predicted octanol–water partition coefficient (Wildman–Crippen LogP) is 3.11. The molecule has 3 nitrogen and oxygen atoms in total. The normalized spacial score (nSPS) is 11.8. The molecule has 0 aliphatic heterocycles. The highest BCUT2D eigenvalue weighted by Crippen LogP contribution is 2.28. The van der Waals surface area contributed by atoms with E-state index in [4.69, 9.17) is 11.6 Å². The van der Waals surface area contributed by atoms with Crippen LogP contribution in [0.15, 0.2) is 28.4 Å². The summed E-state index contributed by atoms with van der Waals surface area (Å²) < 4.78 is 39.1. The molecule has 0 fully saturated rings. The lowest BCUT2D eigenvalue weighted by Crippen LogP contribution is -2.27. The zero-order valence-corrected chi connectivity index (χ0v) is 11.0. The second-order valence-corrected chi connectivity index (χ2v) is 4.91. The Morgan fingerprint density at radius 1 is 1.37 bits per heavy atom. The summed E-state index contributed by atoms with van der Waals surface area (Å²) in [6.07, 6.45) is -4.58. The van der Waals surface area contributed by atoms with Crippen LogP contribution in [-0.4, -0.2) is 9.55 Å². The molecule has 0 saturated heterocycles. The number of halogens is 4. The van der Waals surface area contributed by atoms with Crippen LogP contribution in [0, 0.1) is 0 Å². The van der Waals surface area contributed by atoms with Gasteiger partial charge in [-0.3, -0.25) is 9.36 Å². The topological polar surface area (TPSA) is 34.9 Å². The van der Waals surface area contributed by atoms with E-state index >= 15 is 0 Å². The molecule has 0 saturated carbocycles. The molecule has 0 aliphatic carbocycles. The number of pyridine rings is 1. The van der Waals surface area contributed by atoms with Crippen LogP contribution in [0.1, 0.15) is 16.4 Å². The largest absolute Gasteiger partial charge is 0.431 e. The molecule has 0 spiro atoms. The number of rotatable bonds is 3. The van der Waals surface area contributed by atoms with Gasteiger partial charge in [0.25, 0.3) is 5.56 Å². The molecule has 2 heterocycles. The molecule has 102 valence electrons. The Hall–Kier alpha value is -1.34. The Kier molecular flexibility index (Phi) is 3.96. The van der Waals surface area contributed by atoms with E-state index in [0.717, 1.165) is 18.2 Å². The molecular formula is C11H8ClF3N2OS. The van der Waals surface area contributed by atoms with Crippen LogP contribution in [0.2, 0.25) is 0 Å². The fourth-order valence-electron chi connectivity index (χ4n) is 1.55. The van der Waals surface area contributed by atoms with Crippen LogP contribution in [-0.2, 0) is 18.6 Å². The zero-order valence-electron chi connectivity index (χ0n) is 9.45. The Bertz CT molecular complexity index is 635. The first-order valence-corrected chi connectivity index (χ1v) is 6.59. The lowest BCUT2D eigenvalue weighted by Gasteiger charge is -2.13. The van der Waals surface area contributed by atoms with Crippen molar-refractivity contribution < 1.29 is 13.2 Å². The van der Waals surface area contributed by atoms with Crippen molar-refractivity contribution in [3.63, 3.8) is 0 Å². The minimum Gasteiger partial charge on any atom is -0.297 e. The lowest BCUT2D eigenvalue weighted by molar-refractivity contribution is -0.144. The van der Waals surface area contributed by atoms with Gasteiger partial charge in [0, 0.05) is 11.4 Å². The molecule has 0 aliphatic rings. The zero-order chi connectivity index (χ0) is 14.0. The van der Waals surface area contributed by atoms with Crippen molar-refractivity contribution in [3.8, 4) is 0 Å². The van der Waals surface area contributed by atoms with Gasteiger partial charge in [0.2, 0.25) is 0 Å². The molecule has 0 radical (unpaired) electrons. The summed E-state index contributed by atoms with van der Waals surface area (Å²) in [5.74, 6) is 0.187. The molecule has 8 heteroatoms. The van der Waals surface area contributed by atoms with E-state index in [9.17, 15) is 18.0 Å². The number of thiazole rings is 1. The van der Waals surface area contributed by atoms with E-state index in [2.05, 4.69) is 4.98 Å². The van der Waals surface area contributed by atoms with E-state index in [-0.39, 0.29) is 12.4 Å². The van der Waals surface area contributed by atoms with Crippen molar-refractivity contribution >= 4 is 22.9 Å². The first-order chi connectivity index (χ1) is 8.91. The quantitative estimate of drug-likeness (QED) is 0.817. The molecule has 0 N–H and O–H groups in total. The molecule has 19 heavy (non-hydrogen) atoms. The summed E-state index contributed by atoms with van der Waals surface area (Å²) in [7, 11) is 0. The van der Waals surface area contributed by atoms with Crippen LogP contribution in [0.25, 0.3) is 0 Å². The Balaban J connectivity index is 2.42. The molecule has 2 aromatic rings. The van der Waals surface area contributed by atoms with Crippen molar-refractivity contribution in [3.05, 3.63) is 50.3 Å². The Morgan fingerprint density at radius 3 is 2.68 bits per heavy atom. The average Bonchev–Trinajstić information content (AvgIpc) is 2.78. The van der Waals surface area contributed by atoms with Gasteiger partial charge in [-0.1, -0.05) is 6.07 Å². The van der Waals surface area contributed by atoms with Crippen molar-refractivity contribution in [2.75, 3.05) is 0 Å². The van der Waals surface area contributed by atoms with Crippen LogP contribution < -0.4 is 5.56 Å². The maximum absolute atomic E-state index is 12.8. The highest BCUT2D eigenvalue weighted by molar-refractivity contribution is 7.09. The van der Waals surface area contributed by atoms with Gasteiger partial charge in [-0.15, -0.1) is 22.9 Å². The number of alkyl halides is 4. The predicted molar refractivity (Wildman–Crippen MR) is 66.5 cm³/mol.